The molecular weight excluding hydrogens is 374 g/mol. The third kappa shape index (κ3) is 15.3. The quantitative estimate of drug-likeness (QED) is 0.182. The van der Waals surface area contributed by atoms with Crippen LogP contribution in [0.3, 0.4) is 0 Å². The molecule has 172 valence electrons. The maximum absolute atomic E-state index is 12.5. The van der Waals surface area contributed by atoms with Gasteiger partial charge in [-0.05, 0) is 46.1 Å². The number of hydrogen-bond acceptors (Lipinski definition) is 7. The van der Waals surface area contributed by atoms with E-state index in [1.807, 2.05) is 6.92 Å². The minimum atomic E-state index is -0.643. The summed E-state index contributed by atoms with van der Waals surface area (Å²) in [6.45, 7) is 10.3. The summed E-state index contributed by atoms with van der Waals surface area (Å²) < 4.78 is 21.9. The molecular formula is C22H43NO6. The number of rotatable bonds is 20. The lowest BCUT2D eigenvalue weighted by Crippen LogP contribution is -2.50. The van der Waals surface area contributed by atoms with Crippen LogP contribution in [0.4, 0.5) is 0 Å². The van der Waals surface area contributed by atoms with Gasteiger partial charge in [0.25, 0.3) is 0 Å². The molecule has 1 unspecified atom stereocenters. The predicted molar refractivity (Wildman–Crippen MR) is 114 cm³/mol. The number of esters is 2. The highest BCUT2D eigenvalue weighted by atomic mass is 16.7. The first-order chi connectivity index (χ1) is 14.1. The number of unbranched alkanes of at least 4 members (excludes halogenated alkanes) is 5. The van der Waals surface area contributed by atoms with Gasteiger partial charge in [0.1, 0.15) is 0 Å². The van der Waals surface area contributed by atoms with Gasteiger partial charge >= 0.3 is 11.9 Å². The minimum Gasteiger partial charge on any atom is -0.466 e. The van der Waals surface area contributed by atoms with Gasteiger partial charge in [-0.25, -0.2) is 0 Å². The maximum atomic E-state index is 12.5. The van der Waals surface area contributed by atoms with Crippen molar-refractivity contribution < 1.29 is 28.5 Å². The summed E-state index contributed by atoms with van der Waals surface area (Å²) in [5.74, 6) is -0.475. The Morgan fingerprint density at radius 2 is 1.34 bits per heavy atom. The molecule has 0 heterocycles. The molecule has 0 aromatic rings. The third-order valence-corrected chi connectivity index (χ3v) is 4.35. The van der Waals surface area contributed by atoms with Crippen molar-refractivity contribution in [1.82, 2.24) is 5.32 Å². The normalized spacial score (nSPS) is 12.2. The second kappa shape index (κ2) is 20.1. The highest BCUT2D eigenvalue weighted by Crippen LogP contribution is 2.09. The largest absolute Gasteiger partial charge is 0.466 e. The van der Waals surface area contributed by atoms with Gasteiger partial charge < -0.3 is 24.3 Å². The van der Waals surface area contributed by atoms with Crippen molar-refractivity contribution in [2.75, 3.05) is 33.0 Å². The first-order valence-corrected chi connectivity index (χ1v) is 11.4. The minimum absolute atomic E-state index is 0.135. The van der Waals surface area contributed by atoms with Crippen molar-refractivity contribution in [1.29, 1.82) is 0 Å². The molecule has 1 atom stereocenters. The first-order valence-electron chi connectivity index (χ1n) is 11.4. The standard InChI is InChI=1S/C22H43NO6/c1-5-9-17-28-22(29-18-10-6-2)20(21(25)27-8-4)23-16-14-12-11-13-15-19(24)26-7-3/h20,22-23H,5-18H2,1-4H3. The van der Waals surface area contributed by atoms with E-state index in [1.165, 1.54) is 0 Å². The Bertz CT molecular complexity index is 395. The van der Waals surface area contributed by atoms with Crippen LogP contribution in [0.2, 0.25) is 0 Å². The molecule has 1 N–H and O–H groups in total. The molecule has 0 radical (unpaired) electrons. The lowest BCUT2D eigenvalue weighted by molar-refractivity contribution is -0.182. The number of hydrogen-bond donors (Lipinski definition) is 1. The van der Waals surface area contributed by atoms with Gasteiger partial charge in [0, 0.05) is 19.6 Å². The zero-order chi connectivity index (χ0) is 21.7. The van der Waals surface area contributed by atoms with E-state index in [4.69, 9.17) is 18.9 Å². The molecule has 0 saturated heterocycles. The molecule has 0 aliphatic rings. The number of carbonyl (C=O) groups is 2. The van der Waals surface area contributed by atoms with Gasteiger partial charge in [0.2, 0.25) is 0 Å². The molecule has 7 nitrogen and oxygen atoms in total. The van der Waals surface area contributed by atoms with Crippen LogP contribution in [0, 0.1) is 0 Å². The van der Waals surface area contributed by atoms with Crippen molar-refractivity contribution in [3.05, 3.63) is 0 Å². The Labute approximate surface area is 177 Å². The Hall–Kier alpha value is -1.18. The summed E-state index contributed by atoms with van der Waals surface area (Å²) in [4.78, 5) is 23.8. The summed E-state index contributed by atoms with van der Waals surface area (Å²) in [7, 11) is 0. The highest BCUT2D eigenvalue weighted by Gasteiger charge is 2.30. The van der Waals surface area contributed by atoms with Crippen molar-refractivity contribution in [2.45, 2.75) is 97.8 Å². The fourth-order valence-corrected chi connectivity index (χ4v) is 2.69. The van der Waals surface area contributed by atoms with Crippen LogP contribution < -0.4 is 5.32 Å². The molecule has 7 heteroatoms. The number of carbonyl (C=O) groups excluding carboxylic acids is 2. The molecule has 0 rings (SSSR count). The highest BCUT2D eigenvalue weighted by molar-refractivity contribution is 5.76. The molecule has 0 bridgehead atoms. The van der Waals surface area contributed by atoms with Crippen molar-refractivity contribution in [3.63, 3.8) is 0 Å². The van der Waals surface area contributed by atoms with E-state index in [-0.39, 0.29) is 11.9 Å². The van der Waals surface area contributed by atoms with Crippen molar-refractivity contribution in [3.8, 4) is 0 Å². The van der Waals surface area contributed by atoms with E-state index >= 15 is 0 Å². The molecule has 0 fully saturated rings. The summed E-state index contributed by atoms with van der Waals surface area (Å²) in [5.41, 5.74) is 0. The zero-order valence-corrected chi connectivity index (χ0v) is 19.0. The van der Waals surface area contributed by atoms with Crippen LogP contribution in [0.1, 0.15) is 85.5 Å². The van der Waals surface area contributed by atoms with E-state index in [1.54, 1.807) is 6.92 Å². The second-order valence-corrected chi connectivity index (χ2v) is 6.97. The Balaban J connectivity index is 4.46. The average Bonchev–Trinajstić information content (AvgIpc) is 2.70. The lowest BCUT2D eigenvalue weighted by Gasteiger charge is -2.27. The second-order valence-electron chi connectivity index (χ2n) is 6.97. The van der Waals surface area contributed by atoms with Crippen LogP contribution in [0.5, 0.6) is 0 Å². The van der Waals surface area contributed by atoms with Crippen molar-refractivity contribution in [2.24, 2.45) is 0 Å². The van der Waals surface area contributed by atoms with E-state index in [0.29, 0.717) is 39.4 Å². The van der Waals surface area contributed by atoms with Gasteiger partial charge in [-0.2, -0.15) is 0 Å². The first kappa shape index (κ1) is 27.8. The smallest absolute Gasteiger partial charge is 0.328 e. The van der Waals surface area contributed by atoms with Gasteiger partial charge in [-0.1, -0.05) is 39.5 Å². The predicted octanol–water partition coefficient (Wildman–Crippen LogP) is 3.98. The molecule has 0 saturated carbocycles. The van der Waals surface area contributed by atoms with Crippen molar-refractivity contribution >= 4 is 11.9 Å². The van der Waals surface area contributed by atoms with E-state index < -0.39 is 12.3 Å². The Kier molecular flexibility index (Phi) is 19.3. The van der Waals surface area contributed by atoms with Crippen LogP contribution in [-0.2, 0) is 28.5 Å². The molecule has 0 amide bonds. The summed E-state index contributed by atoms with van der Waals surface area (Å²) >= 11 is 0. The molecule has 0 aromatic heterocycles. The monoisotopic (exact) mass is 417 g/mol. The van der Waals surface area contributed by atoms with E-state index in [9.17, 15) is 9.59 Å². The van der Waals surface area contributed by atoms with Crippen LogP contribution in [0.25, 0.3) is 0 Å². The Morgan fingerprint density at radius 3 is 1.90 bits per heavy atom. The SMILES string of the molecule is CCCCOC(OCCCC)C(NCCCCCCC(=O)OCC)C(=O)OCC. The molecule has 0 aliphatic carbocycles. The number of nitrogens with one attached hydrogen (secondary N) is 1. The van der Waals surface area contributed by atoms with Gasteiger partial charge in [-0.3, -0.25) is 9.59 Å². The maximum Gasteiger partial charge on any atom is 0.328 e. The fraction of sp³-hybridized carbons (Fsp3) is 0.909. The molecule has 0 aliphatic heterocycles. The fourth-order valence-electron chi connectivity index (χ4n) is 2.69. The molecule has 0 spiro atoms. The van der Waals surface area contributed by atoms with Gasteiger partial charge in [-0.15, -0.1) is 0 Å². The van der Waals surface area contributed by atoms with Crippen LogP contribution in [-0.4, -0.2) is 57.2 Å². The van der Waals surface area contributed by atoms with E-state index in [0.717, 1.165) is 51.4 Å². The summed E-state index contributed by atoms with van der Waals surface area (Å²) in [5, 5.41) is 3.26. The number of ether oxygens (including phenoxy) is 4. The molecule has 0 aromatic carbocycles. The topological polar surface area (TPSA) is 83.1 Å². The van der Waals surface area contributed by atoms with Gasteiger partial charge in [0.15, 0.2) is 12.3 Å². The Morgan fingerprint density at radius 1 is 0.759 bits per heavy atom. The summed E-state index contributed by atoms with van der Waals surface area (Å²) in [6, 6.07) is -0.636. The zero-order valence-electron chi connectivity index (χ0n) is 19.0. The molecule has 29 heavy (non-hydrogen) atoms. The third-order valence-electron chi connectivity index (χ3n) is 4.35. The van der Waals surface area contributed by atoms with Crippen LogP contribution in [0.15, 0.2) is 0 Å². The van der Waals surface area contributed by atoms with Crippen LogP contribution >= 0.6 is 0 Å². The van der Waals surface area contributed by atoms with Gasteiger partial charge in [0.05, 0.1) is 13.2 Å². The van der Waals surface area contributed by atoms with E-state index in [2.05, 4.69) is 19.2 Å². The lowest BCUT2D eigenvalue weighted by atomic mass is 10.1. The average molecular weight is 418 g/mol. The summed E-state index contributed by atoms with van der Waals surface area (Å²) in [6.07, 6.45) is 7.34.